The number of rotatable bonds is 5. The molecule has 0 aromatic heterocycles. The van der Waals surface area contributed by atoms with E-state index in [0.29, 0.717) is 6.54 Å². The molecule has 1 aliphatic rings. The van der Waals surface area contributed by atoms with Gasteiger partial charge in [0.1, 0.15) is 5.75 Å². The molecule has 1 atom stereocenters. The number of hydrogen-bond donors (Lipinski definition) is 1. The van der Waals surface area contributed by atoms with E-state index in [-0.39, 0.29) is 11.9 Å². The summed E-state index contributed by atoms with van der Waals surface area (Å²) in [6.07, 6.45) is 0.891. The maximum atomic E-state index is 12.1. The number of likely N-dealkylation sites (tertiary alicyclic amines) is 1. The van der Waals surface area contributed by atoms with E-state index in [1.807, 2.05) is 36.1 Å². The van der Waals surface area contributed by atoms with E-state index in [0.717, 1.165) is 30.8 Å². The fourth-order valence-corrected chi connectivity index (χ4v) is 2.37. The van der Waals surface area contributed by atoms with Crippen LogP contribution >= 0.6 is 0 Å². The topological polar surface area (TPSA) is 41.6 Å². The summed E-state index contributed by atoms with van der Waals surface area (Å²) in [7, 11) is 1.66. The Morgan fingerprint density at radius 3 is 2.94 bits per heavy atom. The normalized spacial score (nSPS) is 19.3. The Morgan fingerprint density at radius 1 is 1.44 bits per heavy atom. The largest absolute Gasteiger partial charge is 0.496 e. The lowest BCUT2D eigenvalue weighted by molar-refractivity contribution is -0.129. The van der Waals surface area contributed by atoms with Crippen LogP contribution in [0.15, 0.2) is 24.3 Å². The molecule has 1 saturated heterocycles. The Bertz CT molecular complexity index is 420. The molecule has 0 saturated carbocycles. The van der Waals surface area contributed by atoms with Crippen LogP contribution in [0.5, 0.6) is 5.75 Å². The Balaban J connectivity index is 2.04. The van der Waals surface area contributed by atoms with Crippen LogP contribution in [-0.4, -0.2) is 37.0 Å². The van der Waals surface area contributed by atoms with Crippen molar-refractivity contribution in [2.24, 2.45) is 0 Å². The number of likely N-dealkylation sites (N-methyl/N-ethyl adjacent to an activating group) is 1. The number of carbonyl (C=O) groups is 1. The number of ether oxygens (including phenoxy) is 1. The lowest BCUT2D eigenvalue weighted by Crippen LogP contribution is -2.37. The molecule has 0 bridgehead atoms. The summed E-state index contributed by atoms with van der Waals surface area (Å²) in [5.41, 5.74) is 1.06. The number of amides is 1. The van der Waals surface area contributed by atoms with Crippen LogP contribution < -0.4 is 10.1 Å². The Hall–Kier alpha value is -1.55. The van der Waals surface area contributed by atoms with Crippen molar-refractivity contribution >= 4 is 5.91 Å². The summed E-state index contributed by atoms with van der Waals surface area (Å²) in [4.78, 5) is 14.0. The highest BCUT2D eigenvalue weighted by atomic mass is 16.5. The Morgan fingerprint density at radius 2 is 2.22 bits per heavy atom. The summed E-state index contributed by atoms with van der Waals surface area (Å²) >= 11 is 0. The van der Waals surface area contributed by atoms with Crippen molar-refractivity contribution in [2.75, 3.05) is 20.2 Å². The average Bonchev–Trinajstić information content (AvgIpc) is 2.73. The quantitative estimate of drug-likeness (QED) is 0.856. The molecule has 0 spiro atoms. The van der Waals surface area contributed by atoms with Crippen LogP contribution in [0.4, 0.5) is 0 Å². The van der Waals surface area contributed by atoms with Gasteiger partial charge in [0.25, 0.3) is 0 Å². The van der Waals surface area contributed by atoms with Crippen molar-refractivity contribution in [2.45, 2.75) is 25.9 Å². The molecule has 1 aromatic rings. The molecule has 0 radical (unpaired) electrons. The zero-order valence-corrected chi connectivity index (χ0v) is 11.0. The summed E-state index contributed by atoms with van der Waals surface area (Å²) in [5.74, 6) is 1.04. The molecule has 1 aromatic carbocycles. The molecule has 1 heterocycles. The number of carbonyl (C=O) groups excluding carboxylic acids is 1. The summed E-state index contributed by atoms with van der Waals surface area (Å²) in [6, 6.07) is 7.84. The van der Waals surface area contributed by atoms with Crippen LogP contribution in [0, 0.1) is 0 Å². The SMILES string of the molecule is CCNC1CCN(Cc2ccccc2OC)C1=O. The van der Waals surface area contributed by atoms with Crippen LogP contribution in [0.3, 0.4) is 0 Å². The molecule has 1 unspecified atom stereocenters. The zero-order valence-electron chi connectivity index (χ0n) is 11.0. The number of benzene rings is 1. The van der Waals surface area contributed by atoms with Gasteiger partial charge < -0.3 is 15.0 Å². The van der Waals surface area contributed by atoms with E-state index in [1.165, 1.54) is 0 Å². The smallest absolute Gasteiger partial charge is 0.240 e. The third-order valence-electron chi connectivity index (χ3n) is 3.30. The maximum Gasteiger partial charge on any atom is 0.240 e. The summed E-state index contributed by atoms with van der Waals surface area (Å²) < 4.78 is 5.31. The summed E-state index contributed by atoms with van der Waals surface area (Å²) in [6.45, 7) is 4.30. The first kappa shape index (κ1) is 12.9. The van der Waals surface area contributed by atoms with E-state index >= 15 is 0 Å². The van der Waals surface area contributed by atoms with Gasteiger partial charge in [-0.15, -0.1) is 0 Å². The fourth-order valence-electron chi connectivity index (χ4n) is 2.37. The maximum absolute atomic E-state index is 12.1. The van der Waals surface area contributed by atoms with Crippen LogP contribution in [0.25, 0.3) is 0 Å². The Kier molecular flexibility index (Phi) is 4.20. The standard InChI is InChI=1S/C14H20N2O2/c1-3-15-12-8-9-16(14(12)17)10-11-6-4-5-7-13(11)18-2/h4-7,12,15H,3,8-10H2,1-2H3. The number of nitrogens with one attached hydrogen (secondary N) is 1. The molecule has 0 aliphatic carbocycles. The van der Waals surface area contributed by atoms with Crippen molar-refractivity contribution < 1.29 is 9.53 Å². The fraction of sp³-hybridized carbons (Fsp3) is 0.500. The van der Waals surface area contributed by atoms with Crippen molar-refractivity contribution in [3.8, 4) is 5.75 Å². The highest BCUT2D eigenvalue weighted by molar-refractivity contribution is 5.84. The van der Waals surface area contributed by atoms with Gasteiger partial charge in [0.2, 0.25) is 5.91 Å². The minimum Gasteiger partial charge on any atom is -0.496 e. The molecule has 4 heteroatoms. The van der Waals surface area contributed by atoms with Gasteiger partial charge >= 0.3 is 0 Å². The molecule has 1 amide bonds. The predicted octanol–water partition coefficient (Wildman–Crippen LogP) is 1.41. The first-order chi connectivity index (χ1) is 8.76. The molecule has 18 heavy (non-hydrogen) atoms. The third kappa shape index (κ3) is 2.64. The van der Waals surface area contributed by atoms with Gasteiger partial charge in [-0.2, -0.15) is 0 Å². The number of para-hydroxylation sites is 1. The monoisotopic (exact) mass is 248 g/mol. The minimum absolute atomic E-state index is 0.00953. The third-order valence-corrected chi connectivity index (χ3v) is 3.30. The number of nitrogens with zero attached hydrogens (tertiary/aromatic N) is 1. The van der Waals surface area contributed by atoms with E-state index in [2.05, 4.69) is 5.32 Å². The van der Waals surface area contributed by atoms with Crippen molar-refractivity contribution in [3.05, 3.63) is 29.8 Å². The van der Waals surface area contributed by atoms with Gasteiger partial charge in [0, 0.05) is 18.7 Å². The van der Waals surface area contributed by atoms with Crippen molar-refractivity contribution in [1.82, 2.24) is 10.2 Å². The van der Waals surface area contributed by atoms with Crippen LogP contribution in [0.1, 0.15) is 18.9 Å². The van der Waals surface area contributed by atoms with Gasteiger partial charge in [-0.3, -0.25) is 4.79 Å². The lowest BCUT2D eigenvalue weighted by Gasteiger charge is -2.18. The van der Waals surface area contributed by atoms with Crippen LogP contribution in [-0.2, 0) is 11.3 Å². The average molecular weight is 248 g/mol. The van der Waals surface area contributed by atoms with E-state index < -0.39 is 0 Å². The van der Waals surface area contributed by atoms with Gasteiger partial charge in [-0.25, -0.2) is 0 Å². The van der Waals surface area contributed by atoms with Gasteiger partial charge in [0.05, 0.1) is 13.2 Å². The van der Waals surface area contributed by atoms with Crippen molar-refractivity contribution in [3.63, 3.8) is 0 Å². The number of methoxy groups -OCH3 is 1. The molecule has 1 N–H and O–H groups in total. The second-order valence-electron chi connectivity index (χ2n) is 4.47. The van der Waals surface area contributed by atoms with Gasteiger partial charge in [-0.05, 0) is 19.0 Å². The molecule has 4 nitrogen and oxygen atoms in total. The first-order valence-electron chi connectivity index (χ1n) is 6.40. The highest BCUT2D eigenvalue weighted by Crippen LogP contribution is 2.22. The first-order valence-corrected chi connectivity index (χ1v) is 6.40. The summed E-state index contributed by atoms with van der Waals surface area (Å²) in [5, 5.41) is 3.22. The molecule has 98 valence electrons. The molecule has 1 aliphatic heterocycles. The zero-order chi connectivity index (χ0) is 13.0. The second kappa shape index (κ2) is 5.87. The van der Waals surface area contributed by atoms with E-state index in [4.69, 9.17) is 4.74 Å². The van der Waals surface area contributed by atoms with Crippen LogP contribution in [0.2, 0.25) is 0 Å². The van der Waals surface area contributed by atoms with Gasteiger partial charge in [-0.1, -0.05) is 25.1 Å². The molecule has 2 rings (SSSR count). The highest BCUT2D eigenvalue weighted by Gasteiger charge is 2.30. The molecular weight excluding hydrogens is 228 g/mol. The molecule has 1 fully saturated rings. The number of hydrogen-bond acceptors (Lipinski definition) is 3. The van der Waals surface area contributed by atoms with Gasteiger partial charge in [0.15, 0.2) is 0 Å². The predicted molar refractivity (Wildman–Crippen MR) is 70.5 cm³/mol. The minimum atomic E-state index is -0.00953. The second-order valence-corrected chi connectivity index (χ2v) is 4.47. The Labute approximate surface area is 108 Å². The lowest BCUT2D eigenvalue weighted by atomic mass is 10.2. The van der Waals surface area contributed by atoms with E-state index in [9.17, 15) is 4.79 Å². The molecular formula is C14H20N2O2. The van der Waals surface area contributed by atoms with E-state index in [1.54, 1.807) is 7.11 Å². The van der Waals surface area contributed by atoms with Crippen molar-refractivity contribution in [1.29, 1.82) is 0 Å².